The van der Waals surface area contributed by atoms with Crippen molar-refractivity contribution in [2.45, 2.75) is 44.6 Å². The predicted molar refractivity (Wildman–Crippen MR) is 108 cm³/mol. The summed E-state index contributed by atoms with van der Waals surface area (Å²) in [7, 11) is 0. The van der Waals surface area contributed by atoms with Crippen LogP contribution in [0, 0.1) is 0 Å². The van der Waals surface area contributed by atoms with Gasteiger partial charge in [0, 0.05) is 17.0 Å². The molecular weight excluding hydrogens is 344 g/mol. The summed E-state index contributed by atoms with van der Waals surface area (Å²) in [6, 6.07) is 11.3. The summed E-state index contributed by atoms with van der Waals surface area (Å²) < 4.78 is 0. The van der Waals surface area contributed by atoms with Gasteiger partial charge in [0.05, 0.1) is 0 Å². The van der Waals surface area contributed by atoms with Crippen LogP contribution in [-0.4, -0.2) is 35.5 Å². The van der Waals surface area contributed by atoms with E-state index in [0.29, 0.717) is 6.42 Å². The van der Waals surface area contributed by atoms with Gasteiger partial charge in [-0.3, -0.25) is 4.79 Å². The van der Waals surface area contributed by atoms with Crippen molar-refractivity contribution < 1.29 is 9.90 Å². The second-order valence-corrected chi connectivity index (χ2v) is 7.93. The Morgan fingerprint density at radius 2 is 1.85 bits per heavy atom. The van der Waals surface area contributed by atoms with Crippen LogP contribution in [0.5, 0.6) is 0 Å². The minimum atomic E-state index is -0.603. The number of aliphatic hydroxyl groups excluding tert-OH is 1. The van der Waals surface area contributed by atoms with Crippen LogP contribution in [0.2, 0.25) is 0 Å². The zero-order chi connectivity index (χ0) is 18.2. The van der Waals surface area contributed by atoms with E-state index < -0.39 is 6.10 Å². The topological polar surface area (TPSA) is 52.6 Å². The molecule has 140 valence electrons. The molecule has 0 spiro atoms. The molecule has 1 aromatic carbocycles. The number of aliphatic hydroxyl groups is 1. The number of hydrogen-bond donors (Lipinski definition) is 2. The van der Waals surface area contributed by atoms with Gasteiger partial charge in [0.15, 0.2) is 0 Å². The normalized spacial score (nSPS) is 16.8. The third-order valence-corrected chi connectivity index (χ3v) is 5.82. The molecule has 1 fully saturated rings. The van der Waals surface area contributed by atoms with Crippen LogP contribution >= 0.6 is 11.3 Å². The van der Waals surface area contributed by atoms with Gasteiger partial charge >= 0.3 is 0 Å². The summed E-state index contributed by atoms with van der Waals surface area (Å²) in [5.74, 6) is 0.0615. The maximum absolute atomic E-state index is 12.2. The number of benzene rings is 1. The molecule has 1 atom stereocenters. The summed E-state index contributed by atoms with van der Waals surface area (Å²) in [6.07, 6.45) is 6.11. The van der Waals surface area contributed by atoms with E-state index in [0.717, 1.165) is 29.1 Å². The van der Waals surface area contributed by atoms with E-state index in [4.69, 9.17) is 0 Å². The van der Waals surface area contributed by atoms with Gasteiger partial charge in [0.1, 0.15) is 6.10 Å². The molecule has 2 N–H and O–H groups in total. The largest absolute Gasteiger partial charge is 0.383 e. The smallest absolute Gasteiger partial charge is 0.224 e. The third-order valence-electron chi connectivity index (χ3n) is 4.90. The van der Waals surface area contributed by atoms with E-state index in [1.807, 2.05) is 41.8 Å². The summed E-state index contributed by atoms with van der Waals surface area (Å²) >= 11 is 1.54. The number of likely N-dealkylation sites (tertiary alicyclic amines) is 1. The van der Waals surface area contributed by atoms with Crippen LogP contribution in [0.15, 0.2) is 41.8 Å². The highest BCUT2D eigenvalue weighted by atomic mass is 32.1. The van der Waals surface area contributed by atoms with Crippen LogP contribution in [0.3, 0.4) is 0 Å². The molecule has 3 rings (SSSR count). The number of thiophene rings is 1. The molecule has 0 saturated carbocycles. The fourth-order valence-corrected chi connectivity index (χ4v) is 4.14. The number of nitrogens with one attached hydrogen (secondary N) is 1. The molecule has 1 aliphatic heterocycles. The van der Waals surface area contributed by atoms with Crippen molar-refractivity contribution in [2.75, 3.05) is 25.0 Å². The lowest BCUT2D eigenvalue weighted by molar-refractivity contribution is -0.116. The molecular formula is C21H28N2O2S. The Labute approximate surface area is 159 Å². The van der Waals surface area contributed by atoms with Gasteiger partial charge in [-0.25, -0.2) is 0 Å². The van der Waals surface area contributed by atoms with Crippen molar-refractivity contribution in [3.05, 3.63) is 52.2 Å². The number of anilines is 1. The van der Waals surface area contributed by atoms with Gasteiger partial charge in [-0.1, -0.05) is 31.0 Å². The highest BCUT2D eigenvalue weighted by Crippen LogP contribution is 2.26. The molecule has 1 aromatic heterocycles. The lowest BCUT2D eigenvalue weighted by Gasteiger charge is -2.19. The Hall–Kier alpha value is -1.69. The molecule has 0 radical (unpaired) electrons. The van der Waals surface area contributed by atoms with Crippen LogP contribution in [-0.2, 0) is 4.79 Å². The minimum absolute atomic E-state index is 0.0615. The maximum atomic E-state index is 12.2. The van der Waals surface area contributed by atoms with Crippen molar-refractivity contribution in [3.8, 4) is 0 Å². The van der Waals surface area contributed by atoms with Crippen LogP contribution in [0.25, 0.3) is 0 Å². The van der Waals surface area contributed by atoms with Gasteiger partial charge < -0.3 is 15.3 Å². The number of rotatable bonds is 7. The van der Waals surface area contributed by atoms with Crippen molar-refractivity contribution in [1.29, 1.82) is 0 Å². The second-order valence-electron chi connectivity index (χ2n) is 6.95. The van der Waals surface area contributed by atoms with E-state index in [2.05, 4.69) is 10.2 Å². The van der Waals surface area contributed by atoms with E-state index in [-0.39, 0.29) is 5.91 Å². The van der Waals surface area contributed by atoms with Gasteiger partial charge in [-0.15, -0.1) is 11.3 Å². The first-order valence-electron chi connectivity index (χ1n) is 9.56. The molecule has 1 unspecified atom stereocenters. The first-order chi connectivity index (χ1) is 12.7. The Kier molecular flexibility index (Phi) is 7.23. The first-order valence-corrected chi connectivity index (χ1v) is 10.4. The second kappa shape index (κ2) is 9.86. The minimum Gasteiger partial charge on any atom is -0.383 e. The molecule has 5 heteroatoms. The lowest BCUT2D eigenvalue weighted by Crippen LogP contribution is -2.26. The zero-order valence-electron chi connectivity index (χ0n) is 15.2. The zero-order valence-corrected chi connectivity index (χ0v) is 16.0. The number of carbonyl (C=O) groups is 1. The molecule has 1 aliphatic rings. The molecule has 0 bridgehead atoms. The van der Waals surface area contributed by atoms with Crippen molar-refractivity contribution in [3.63, 3.8) is 0 Å². The molecule has 2 heterocycles. The number of carbonyl (C=O) groups excluding carboxylic acids is 1. The van der Waals surface area contributed by atoms with Crippen LogP contribution in [0.4, 0.5) is 5.69 Å². The van der Waals surface area contributed by atoms with Crippen molar-refractivity contribution in [2.24, 2.45) is 0 Å². The summed E-state index contributed by atoms with van der Waals surface area (Å²) in [6.45, 7) is 3.37. The summed E-state index contributed by atoms with van der Waals surface area (Å²) in [4.78, 5) is 15.6. The highest BCUT2D eigenvalue weighted by molar-refractivity contribution is 7.10. The maximum Gasteiger partial charge on any atom is 0.224 e. The van der Waals surface area contributed by atoms with Gasteiger partial charge in [0.2, 0.25) is 5.91 Å². The van der Waals surface area contributed by atoms with E-state index in [1.165, 1.54) is 50.1 Å². The van der Waals surface area contributed by atoms with Gasteiger partial charge in [0.25, 0.3) is 0 Å². The number of hydrogen-bond acceptors (Lipinski definition) is 4. The van der Waals surface area contributed by atoms with Gasteiger partial charge in [-0.2, -0.15) is 0 Å². The average molecular weight is 373 g/mol. The predicted octanol–water partition coefficient (Wildman–Crippen LogP) is 4.42. The van der Waals surface area contributed by atoms with Crippen LogP contribution < -0.4 is 5.32 Å². The molecule has 26 heavy (non-hydrogen) atoms. The highest BCUT2D eigenvalue weighted by Gasteiger charge is 2.12. The molecule has 0 aliphatic carbocycles. The molecule has 4 nitrogen and oxygen atoms in total. The first kappa shape index (κ1) is 19.1. The molecule has 1 saturated heterocycles. The fraction of sp³-hybridized carbons (Fsp3) is 0.476. The number of nitrogens with zero attached hydrogens (tertiary/aromatic N) is 1. The SMILES string of the molecule is O=C(CCCN1CCCCCC1)Nc1ccc(C(O)c2cccs2)cc1. The molecule has 2 aromatic rings. The van der Waals surface area contributed by atoms with Gasteiger partial charge in [-0.05, 0) is 68.0 Å². The third kappa shape index (κ3) is 5.66. The monoisotopic (exact) mass is 372 g/mol. The van der Waals surface area contributed by atoms with E-state index in [1.54, 1.807) is 0 Å². The molecule has 1 amide bonds. The standard InChI is InChI=1S/C21H28N2O2S/c24-20(8-5-15-23-13-3-1-2-4-14-23)22-18-11-9-17(10-12-18)21(25)19-7-6-16-26-19/h6-7,9-12,16,21,25H,1-5,8,13-15H2,(H,22,24). The Balaban J connectivity index is 1.42. The Morgan fingerprint density at radius 1 is 1.12 bits per heavy atom. The van der Waals surface area contributed by atoms with E-state index >= 15 is 0 Å². The number of amides is 1. The average Bonchev–Trinajstić information content (AvgIpc) is 3.07. The van der Waals surface area contributed by atoms with E-state index in [9.17, 15) is 9.90 Å². The Morgan fingerprint density at radius 3 is 2.50 bits per heavy atom. The van der Waals surface area contributed by atoms with Crippen molar-refractivity contribution >= 4 is 22.9 Å². The Bertz CT molecular complexity index is 662. The van der Waals surface area contributed by atoms with Crippen molar-refractivity contribution in [1.82, 2.24) is 4.90 Å². The van der Waals surface area contributed by atoms with Crippen LogP contribution in [0.1, 0.15) is 55.1 Å². The summed E-state index contributed by atoms with van der Waals surface area (Å²) in [5.41, 5.74) is 1.62. The summed E-state index contributed by atoms with van der Waals surface area (Å²) in [5, 5.41) is 15.2. The quantitative estimate of drug-likeness (QED) is 0.756. The lowest BCUT2D eigenvalue weighted by atomic mass is 10.1. The fourth-order valence-electron chi connectivity index (χ4n) is 3.41.